The number of hydrogen-bond donors (Lipinski definition) is 1. The molecule has 1 heterocycles. The Bertz CT molecular complexity index is 287. The van der Waals surface area contributed by atoms with Gasteiger partial charge >= 0.3 is 0 Å². The molecule has 0 amide bonds. The van der Waals surface area contributed by atoms with Crippen molar-refractivity contribution < 1.29 is 8.82 Å². The highest BCUT2D eigenvalue weighted by Crippen LogP contribution is 2.40. The van der Waals surface area contributed by atoms with Crippen molar-refractivity contribution in [2.75, 3.05) is 25.8 Å². The Labute approximate surface area is 98.1 Å². The van der Waals surface area contributed by atoms with Crippen LogP contribution in [0.15, 0.2) is 0 Å². The molecule has 1 rings (SSSR count). The smallest absolute Gasteiger partial charge is 0.237 e. The van der Waals surface area contributed by atoms with Crippen molar-refractivity contribution in [1.82, 2.24) is 5.32 Å². The molecule has 1 atom stereocenters. The van der Waals surface area contributed by atoms with E-state index in [9.17, 15) is 4.57 Å². The lowest BCUT2D eigenvalue weighted by atomic mass is 10.4. The summed E-state index contributed by atoms with van der Waals surface area (Å²) in [7, 11) is -1.33. The summed E-state index contributed by atoms with van der Waals surface area (Å²) in [4.78, 5) is 0. The fourth-order valence-electron chi connectivity index (χ4n) is 2.04. The first-order chi connectivity index (χ1) is 7.66. The molecule has 0 aromatic rings. The van der Waals surface area contributed by atoms with E-state index >= 15 is 0 Å². The molecule has 0 aromatic carbocycles. The second-order valence-corrected chi connectivity index (χ2v) is 6.15. The zero-order valence-corrected chi connectivity index (χ0v) is 11.0. The topological polar surface area (TPSA) is 76.7 Å². The average molecular weight is 243 g/mol. The summed E-state index contributed by atoms with van der Waals surface area (Å²) in [5.74, 6) is 0. The molecule has 1 N–H and O–H groups in total. The number of nitrogens with zero attached hydrogens (tertiary/aromatic N) is 3. The minimum atomic E-state index is -1.33. The number of hydrogen-bond acceptors (Lipinski definition) is 4. The van der Waals surface area contributed by atoms with Crippen LogP contribution in [0.5, 0.6) is 0 Å². The quantitative estimate of drug-likeness (QED) is 0.464. The Morgan fingerprint density at radius 2 is 1.75 bits per heavy atom. The van der Waals surface area contributed by atoms with Crippen LogP contribution < -0.4 is 5.32 Å². The van der Waals surface area contributed by atoms with Gasteiger partial charge in [-0.25, -0.2) is 5.32 Å². The molecular formula is C10H20N4OP+. The van der Waals surface area contributed by atoms with Crippen LogP contribution in [0, 0.1) is 22.9 Å². The molecule has 0 aromatic heterocycles. The van der Waals surface area contributed by atoms with E-state index in [-0.39, 0.29) is 0 Å². The third-order valence-electron chi connectivity index (χ3n) is 2.97. The number of nitrogens with one attached hydrogen (secondary N) is 1. The summed E-state index contributed by atoms with van der Waals surface area (Å²) in [6, 6.07) is 0. The number of quaternary nitrogens is 1. The van der Waals surface area contributed by atoms with Crippen molar-refractivity contribution >= 4 is 7.95 Å². The van der Waals surface area contributed by atoms with Gasteiger partial charge in [-0.2, -0.15) is 10.5 Å². The van der Waals surface area contributed by atoms with Gasteiger partial charge in [-0.05, 0) is 6.92 Å². The zero-order chi connectivity index (χ0) is 12.4. The van der Waals surface area contributed by atoms with E-state index < -0.39 is 7.95 Å². The van der Waals surface area contributed by atoms with Crippen LogP contribution in [0.1, 0.15) is 26.7 Å². The van der Waals surface area contributed by atoms with Crippen molar-refractivity contribution in [1.29, 1.82) is 10.5 Å². The van der Waals surface area contributed by atoms with Crippen LogP contribution in [0.2, 0.25) is 0 Å². The second kappa shape index (κ2) is 8.16. The van der Waals surface area contributed by atoms with Gasteiger partial charge in [-0.15, -0.1) is 0 Å². The van der Waals surface area contributed by atoms with Crippen LogP contribution in [-0.4, -0.2) is 30.0 Å². The fraction of sp³-hybridized carbons (Fsp3) is 0.800. The molecule has 1 aliphatic heterocycles. The fourth-order valence-corrected chi connectivity index (χ4v) is 3.88. The molecule has 90 valence electrons. The molecule has 0 aliphatic carbocycles. The minimum absolute atomic E-state index is 0.887. The zero-order valence-electron chi connectivity index (χ0n) is 9.99. The van der Waals surface area contributed by atoms with E-state index in [1.165, 1.54) is 38.3 Å². The molecule has 0 bridgehead atoms. The monoisotopic (exact) mass is 243 g/mol. The van der Waals surface area contributed by atoms with E-state index in [1.54, 1.807) is 5.32 Å². The van der Waals surface area contributed by atoms with Gasteiger partial charge in [0.2, 0.25) is 7.95 Å². The van der Waals surface area contributed by atoms with Gasteiger partial charge in [0, 0.05) is 19.0 Å². The summed E-state index contributed by atoms with van der Waals surface area (Å²) in [6.45, 7) is 7.63. The van der Waals surface area contributed by atoms with Crippen molar-refractivity contribution in [2.24, 2.45) is 0 Å². The first kappa shape index (κ1) is 15.0. The van der Waals surface area contributed by atoms with E-state index in [1.807, 2.05) is 0 Å². The molecule has 16 heavy (non-hydrogen) atoms. The van der Waals surface area contributed by atoms with Crippen LogP contribution in [-0.2, 0) is 4.57 Å². The molecule has 1 aliphatic rings. The predicted molar refractivity (Wildman–Crippen MR) is 63.7 cm³/mol. The first-order valence-electron chi connectivity index (χ1n) is 5.59. The molecular weight excluding hydrogens is 223 g/mol. The van der Waals surface area contributed by atoms with E-state index in [2.05, 4.69) is 13.8 Å². The van der Waals surface area contributed by atoms with E-state index in [0.717, 1.165) is 17.0 Å². The maximum Gasteiger partial charge on any atom is 0.237 e. The summed E-state index contributed by atoms with van der Waals surface area (Å²) in [6.07, 6.45) is 6.26. The maximum absolute atomic E-state index is 11.7. The van der Waals surface area contributed by atoms with Crippen LogP contribution in [0.3, 0.4) is 0 Å². The van der Waals surface area contributed by atoms with Gasteiger partial charge in [-0.1, -0.05) is 6.92 Å². The lowest BCUT2D eigenvalue weighted by Crippen LogP contribution is -2.37. The van der Waals surface area contributed by atoms with E-state index in [0.29, 0.717) is 0 Å². The number of likely N-dealkylation sites (tertiary alicyclic amines) is 1. The highest BCUT2D eigenvalue weighted by Gasteiger charge is 2.34. The molecule has 5 nitrogen and oxygen atoms in total. The highest BCUT2D eigenvalue weighted by molar-refractivity contribution is 7.38. The Hall–Kier alpha value is -1.03. The van der Waals surface area contributed by atoms with Gasteiger partial charge in [0.25, 0.3) is 0 Å². The predicted octanol–water partition coefficient (Wildman–Crippen LogP) is 1.65. The number of nitriles is 2. The van der Waals surface area contributed by atoms with Gasteiger partial charge in [0.1, 0.15) is 0 Å². The van der Waals surface area contributed by atoms with Gasteiger partial charge in [0.15, 0.2) is 12.4 Å². The van der Waals surface area contributed by atoms with Crippen molar-refractivity contribution in [2.45, 2.75) is 26.7 Å². The maximum atomic E-state index is 11.7. The Kier molecular flexibility index (Phi) is 7.64. The Morgan fingerprint density at radius 1 is 1.25 bits per heavy atom. The van der Waals surface area contributed by atoms with E-state index in [4.69, 9.17) is 10.5 Å². The molecule has 0 radical (unpaired) electrons. The van der Waals surface area contributed by atoms with Crippen molar-refractivity contribution in [3.63, 3.8) is 0 Å². The minimum Gasteiger partial charge on any atom is -0.286 e. The highest BCUT2D eigenvalue weighted by atomic mass is 31.1. The first-order valence-corrected chi connectivity index (χ1v) is 7.15. The molecule has 1 fully saturated rings. The summed E-state index contributed by atoms with van der Waals surface area (Å²) < 4.78 is 12.7. The third kappa shape index (κ3) is 4.23. The molecule has 6 heteroatoms. The van der Waals surface area contributed by atoms with Crippen molar-refractivity contribution in [3.8, 4) is 12.4 Å². The average Bonchev–Trinajstić information content (AvgIpc) is 2.80. The molecule has 0 spiro atoms. The molecule has 0 saturated carbocycles. The van der Waals surface area contributed by atoms with Gasteiger partial charge < -0.3 is 0 Å². The Morgan fingerprint density at radius 3 is 2.00 bits per heavy atom. The SMILES string of the molecule is CC[PH](=O)[N+]1(CC)CCCC1.N#CNC#N. The van der Waals surface area contributed by atoms with Gasteiger partial charge in [-0.3, -0.25) is 8.82 Å². The summed E-state index contributed by atoms with van der Waals surface area (Å²) in [5, 5.41) is 16.7. The lowest BCUT2D eigenvalue weighted by Gasteiger charge is -2.31. The normalized spacial score (nSPS) is 18.5. The summed E-state index contributed by atoms with van der Waals surface area (Å²) >= 11 is 0. The Balaban J connectivity index is 0.000000385. The lowest BCUT2D eigenvalue weighted by molar-refractivity contribution is -0.792. The molecule has 1 unspecified atom stereocenters. The van der Waals surface area contributed by atoms with Gasteiger partial charge in [0.05, 0.1) is 19.6 Å². The number of rotatable bonds is 3. The molecule has 1 saturated heterocycles. The second-order valence-electron chi connectivity index (χ2n) is 3.71. The third-order valence-corrected chi connectivity index (χ3v) is 5.40. The van der Waals surface area contributed by atoms with Crippen LogP contribution in [0.25, 0.3) is 0 Å². The van der Waals surface area contributed by atoms with Crippen LogP contribution >= 0.6 is 7.95 Å². The largest absolute Gasteiger partial charge is 0.286 e. The summed E-state index contributed by atoms with van der Waals surface area (Å²) in [5.41, 5.74) is 0. The van der Waals surface area contributed by atoms with Crippen LogP contribution in [0.4, 0.5) is 0 Å². The standard InChI is InChI=1S/C8H19NOP.C2HN3/c1-3-9(11(10)4-2)7-5-6-8-9;3-1-5-2-4/h11H,3-8H2,1-2H3;5H/q+1;. The van der Waals surface area contributed by atoms with Crippen molar-refractivity contribution in [3.05, 3.63) is 0 Å².